The minimum absolute atomic E-state index is 0.0372. The second-order valence-corrected chi connectivity index (χ2v) is 9.94. The molecule has 1 aromatic heterocycles. The van der Waals surface area contributed by atoms with Crippen LogP contribution < -0.4 is 10.9 Å². The van der Waals surface area contributed by atoms with Gasteiger partial charge >= 0.3 is 6.18 Å². The number of piperidine rings is 1. The zero-order chi connectivity index (χ0) is 25.9. The van der Waals surface area contributed by atoms with Crippen LogP contribution in [0.1, 0.15) is 53.9 Å². The summed E-state index contributed by atoms with van der Waals surface area (Å²) in [5.41, 5.74) is 1.12. The van der Waals surface area contributed by atoms with Gasteiger partial charge in [-0.1, -0.05) is 6.07 Å². The lowest BCUT2D eigenvalue weighted by molar-refractivity contribution is -0.138. The largest absolute Gasteiger partial charge is 0.416 e. The van der Waals surface area contributed by atoms with Crippen LogP contribution in [0.2, 0.25) is 0 Å². The number of alkyl halides is 3. The molecule has 1 aromatic carbocycles. The number of ether oxygens (including phenoxy) is 1. The molecule has 0 bridgehead atoms. The van der Waals surface area contributed by atoms with Crippen LogP contribution >= 0.6 is 0 Å². The van der Waals surface area contributed by atoms with E-state index in [2.05, 4.69) is 5.32 Å². The number of aryl methyl sites for hydroxylation is 2. The Morgan fingerprint density at radius 2 is 1.92 bits per heavy atom. The van der Waals surface area contributed by atoms with Crippen LogP contribution in [0.4, 0.5) is 13.2 Å². The maximum absolute atomic E-state index is 13.9. The lowest BCUT2D eigenvalue weighted by Gasteiger charge is -2.36. The molecule has 2 fully saturated rings. The molecule has 4 rings (SSSR count). The van der Waals surface area contributed by atoms with Gasteiger partial charge in [0.15, 0.2) is 0 Å². The molecular formula is C27H34F3N3O3. The smallest absolute Gasteiger partial charge is 0.385 e. The summed E-state index contributed by atoms with van der Waals surface area (Å²) in [4.78, 5) is 27.9. The number of nitrogens with zero attached hydrogens (tertiary/aromatic N) is 2. The Kier molecular flexibility index (Phi) is 8.20. The first-order valence-electron chi connectivity index (χ1n) is 12.5. The topological polar surface area (TPSA) is 63.6 Å². The van der Waals surface area contributed by atoms with Gasteiger partial charge in [0, 0.05) is 52.2 Å². The molecule has 36 heavy (non-hydrogen) atoms. The summed E-state index contributed by atoms with van der Waals surface area (Å²) in [6, 6.07) is 7.66. The fourth-order valence-electron chi connectivity index (χ4n) is 5.08. The first-order chi connectivity index (χ1) is 17.2. The highest BCUT2D eigenvalue weighted by atomic mass is 19.4. The van der Waals surface area contributed by atoms with E-state index in [0.29, 0.717) is 37.1 Å². The first kappa shape index (κ1) is 26.4. The van der Waals surface area contributed by atoms with Crippen molar-refractivity contribution in [2.75, 3.05) is 26.8 Å². The summed E-state index contributed by atoms with van der Waals surface area (Å²) in [6.07, 6.45) is 0.764. The van der Waals surface area contributed by atoms with E-state index in [1.807, 2.05) is 6.07 Å². The quantitative estimate of drug-likeness (QED) is 0.526. The standard InChI is InChI=1S/C27H34F3N3O3/c1-32-10-8-20(15-25(32)34)23-7-9-31-16-24(23)26(35)33(22-5-6-22)17-19-12-18(4-3-11-36-2)13-21(14-19)27(28,29)30/h8,10,12-15,22-24,31H,3-7,9,11,16-17H2,1-2H3. The molecule has 1 aliphatic heterocycles. The molecule has 0 radical (unpaired) electrons. The van der Waals surface area contributed by atoms with Crippen molar-refractivity contribution in [3.63, 3.8) is 0 Å². The maximum atomic E-state index is 13.9. The third-order valence-electron chi connectivity index (χ3n) is 7.17. The molecule has 1 saturated heterocycles. The summed E-state index contributed by atoms with van der Waals surface area (Å²) in [5.74, 6) is -0.549. The van der Waals surface area contributed by atoms with E-state index in [0.717, 1.165) is 31.4 Å². The molecule has 6 nitrogen and oxygen atoms in total. The van der Waals surface area contributed by atoms with Gasteiger partial charge in [-0.05, 0) is 79.5 Å². The molecule has 0 spiro atoms. The highest BCUT2D eigenvalue weighted by molar-refractivity contribution is 5.81. The SMILES string of the molecule is COCCCc1cc(CN(C(=O)C2CNCCC2c2ccn(C)c(=O)c2)C2CC2)cc(C(F)(F)F)c1. The summed E-state index contributed by atoms with van der Waals surface area (Å²) < 4.78 is 47.5. The van der Waals surface area contributed by atoms with Gasteiger partial charge in [0.25, 0.3) is 5.56 Å². The summed E-state index contributed by atoms with van der Waals surface area (Å²) in [7, 11) is 3.25. The van der Waals surface area contributed by atoms with Crippen molar-refractivity contribution in [3.05, 3.63) is 69.1 Å². The van der Waals surface area contributed by atoms with Gasteiger partial charge < -0.3 is 19.5 Å². The second kappa shape index (κ2) is 11.2. The maximum Gasteiger partial charge on any atom is 0.416 e. The molecule has 1 aliphatic carbocycles. The highest BCUT2D eigenvalue weighted by Gasteiger charge is 2.40. The third-order valence-corrected chi connectivity index (χ3v) is 7.17. The average molecular weight is 506 g/mol. The molecular weight excluding hydrogens is 471 g/mol. The van der Waals surface area contributed by atoms with Crippen LogP contribution in [0.15, 0.2) is 41.3 Å². The molecule has 2 aromatic rings. The van der Waals surface area contributed by atoms with Crippen molar-refractivity contribution >= 4 is 5.91 Å². The van der Waals surface area contributed by atoms with Crippen molar-refractivity contribution in [1.29, 1.82) is 0 Å². The van der Waals surface area contributed by atoms with E-state index in [1.54, 1.807) is 37.4 Å². The molecule has 1 saturated carbocycles. The number of carbonyl (C=O) groups is 1. The van der Waals surface area contributed by atoms with Crippen LogP contribution in [-0.2, 0) is 35.7 Å². The lowest BCUT2D eigenvalue weighted by Crippen LogP contribution is -2.47. The van der Waals surface area contributed by atoms with Crippen LogP contribution in [0.3, 0.4) is 0 Å². The minimum Gasteiger partial charge on any atom is -0.385 e. The molecule has 2 aliphatic rings. The average Bonchev–Trinajstić information content (AvgIpc) is 3.69. The van der Waals surface area contributed by atoms with Crippen molar-refractivity contribution in [3.8, 4) is 0 Å². The van der Waals surface area contributed by atoms with Gasteiger partial charge in [0.05, 0.1) is 11.5 Å². The molecule has 196 valence electrons. The lowest BCUT2D eigenvalue weighted by atomic mass is 9.80. The Morgan fingerprint density at radius 1 is 1.17 bits per heavy atom. The number of halogens is 3. The Bertz CT molecular complexity index is 1130. The number of rotatable bonds is 9. The molecule has 2 heterocycles. The first-order valence-corrected chi connectivity index (χ1v) is 12.5. The predicted molar refractivity (Wildman–Crippen MR) is 131 cm³/mol. The predicted octanol–water partition coefficient (Wildman–Crippen LogP) is 3.87. The van der Waals surface area contributed by atoms with Crippen LogP contribution in [0.5, 0.6) is 0 Å². The zero-order valence-electron chi connectivity index (χ0n) is 20.8. The molecule has 2 unspecified atom stereocenters. The highest BCUT2D eigenvalue weighted by Crippen LogP contribution is 2.37. The van der Waals surface area contributed by atoms with E-state index >= 15 is 0 Å². The van der Waals surface area contributed by atoms with Gasteiger partial charge in [0.1, 0.15) is 0 Å². The van der Waals surface area contributed by atoms with Crippen molar-refractivity contribution in [2.24, 2.45) is 13.0 Å². The number of pyridine rings is 1. The van der Waals surface area contributed by atoms with Gasteiger partial charge in [-0.15, -0.1) is 0 Å². The molecule has 1 N–H and O–H groups in total. The fraction of sp³-hybridized carbons (Fsp3) is 0.556. The Hall–Kier alpha value is -2.65. The summed E-state index contributed by atoms with van der Waals surface area (Å²) in [6.45, 7) is 1.83. The van der Waals surface area contributed by atoms with E-state index < -0.39 is 11.7 Å². The monoisotopic (exact) mass is 505 g/mol. The fourth-order valence-corrected chi connectivity index (χ4v) is 5.08. The third kappa shape index (κ3) is 6.37. The normalized spacial score (nSPS) is 20.4. The number of hydrogen-bond donors (Lipinski definition) is 1. The van der Waals surface area contributed by atoms with Crippen LogP contribution in [0.25, 0.3) is 0 Å². The number of methoxy groups -OCH3 is 1. The van der Waals surface area contributed by atoms with E-state index in [9.17, 15) is 22.8 Å². The summed E-state index contributed by atoms with van der Waals surface area (Å²) in [5, 5.41) is 3.29. The van der Waals surface area contributed by atoms with Crippen molar-refractivity contribution in [2.45, 2.75) is 56.8 Å². The van der Waals surface area contributed by atoms with Crippen molar-refractivity contribution < 1.29 is 22.7 Å². The minimum atomic E-state index is -4.46. The molecule has 1 amide bonds. The number of aromatic nitrogens is 1. The van der Waals surface area contributed by atoms with E-state index in [-0.39, 0.29) is 35.9 Å². The molecule has 9 heteroatoms. The van der Waals surface area contributed by atoms with Crippen molar-refractivity contribution in [1.82, 2.24) is 14.8 Å². The Labute approximate surface area is 209 Å². The summed E-state index contributed by atoms with van der Waals surface area (Å²) >= 11 is 0. The van der Waals surface area contributed by atoms with Crippen LogP contribution in [-0.4, -0.2) is 48.2 Å². The van der Waals surface area contributed by atoms with Gasteiger partial charge in [-0.25, -0.2) is 0 Å². The number of carbonyl (C=O) groups excluding carboxylic acids is 1. The number of hydrogen-bond acceptors (Lipinski definition) is 4. The Morgan fingerprint density at radius 3 is 2.58 bits per heavy atom. The number of benzene rings is 1. The van der Waals surface area contributed by atoms with Gasteiger partial charge in [-0.3, -0.25) is 9.59 Å². The van der Waals surface area contributed by atoms with E-state index in [4.69, 9.17) is 4.74 Å². The Balaban J connectivity index is 1.60. The van der Waals surface area contributed by atoms with Gasteiger partial charge in [0.2, 0.25) is 5.91 Å². The van der Waals surface area contributed by atoms with Crippen LogP contribution in [0, 0.1) is 5.92 Å². The van der Waals surface area contributed by atoms with Gasteiger partial charge in [-0.2, -0.15) is 13.2 Å². The number of nitrogens with one attached hydrogen (secondary N) is 1. The second-order valence-electron chi connectivity index (χ2n) is 9.94. The molecule has 2 atom stereocenters. The number of amides is 1. The van der Waals surface area contributed by atoms with E-state index in [1.165, 1.54) is 16.7 Å². The zero-order valence-corrected chi connectivity index (χ0v) is 20.8.